The number of benzene rings is 2. The van der Waals surface area contributed by atoms with Crippen molar-refractivity contribution in [2.75, 3.05) is 39.3 Å². The van der Waals surface area contributed by atoms with Crippen LogP contribution >= 0.6 is 12.2 Å². The predicted molar refractivity (Wildman–Crippen MR) is 217 cm³/mol. The number of imide groups is 1. The number of hydrogen-bond donors (Lipinski definition) is 4. The molecule has 0 saturated carbocycles. The average molecular weight is 821 g/mol. The summed E-state index contributed by atoms with van der Waals surface area (Å²) in [6.07, 6.45) is 2.53. The Morgan fingerprint density at radius 2 is 1.76 bits per heavy atom. The van der Waals surface area contributed by atoms with Gasteiger partial charge in [-0.1, -0.05) is 13.0 Å². The fraction of sp³-hybridized carbons (Fsp3) is 0.463. The van der Waals surface area contributed by atoms with Crippen molar-refractivity contribution in [2.45, 2.75) is 102 Å². The highest BCUT2D eigenvalue weighted by Gasteiger charge is 2.51. The number of fused-ring (bicyclic) bond motifs is 2. The van der Waals surface area contributed by atoms with E-state index < -0.39 is 35.0 Å². The van der Waals surface area contributed by atoms with Gasteiger partial charge < -0.3 is 26.0 Å². The lowest BCUT2D eigenvalue weighted by atomic mass is 9.88. The van der Waals surface area contributed by atoms with Crippen molar-refractivity contribution < 1.29 is 37.1 Å². The lowest BCUT2D eigenvalue weighted by Gasteiger charge is -2.38. The molecule has 2 unspecified atom stereocenters. The van der Waals surface area contributed by atoms with Crippen LogP contribution in [0.3, 0.4) is 0 Å². The van der Waals surface area contributed by atoms with Crippen molar-refractivity contribution in [3.05, 3.63) is 65.9 Å². The number of carbonyl (C=O) groups is 4. The Kier molecular flexibility index (Phi) is 11.4. The number of carbonyl (C=O) groups excluding carboxylic acids is 4. The van der Waals surface area contributed by atoms with E-state index in [1.54, 1.807) is 36.9 Å². The van der Waals surface area contributed by atoms with E-state index >= 15 is 0 Å². The number of piperidine rings is 2. The Morgan fingerprint density at radius 3 is 2.45 bits per heavy atom. The highest BCUT2D eigenvalue weighted by atomic mass is 32.1. The largest absolute Gasteiger partial charge is 0.493 e. The standard InChI is InChI=1S/C41H47F3N8O5S/c1-4-24-18-29(52-39(58)51(38(56)40(52,2)3)30-20-31(41(42,43)44)36(45)46-21-30)10-12-33(24)57-15-14-23-16-27-8-9-28(17-23)50(27)22-35(54)48-26-7-5-6-25(19-26)47-32-11-13-34(53)49-37(32)55/h5-7,10,12,18-21,23,27-28,32,47H,4,8-9,11,13-17,22H2,1-3H3,(H2,45,46)(H,48,54)(H,49,53,55)/t23?,27-,28+,32?. The second-order valence-electron chi connectivity index (χ2n) is 15.9. The molecule has 7 rings (SSSR count). The summed E-state index contributed by atoms with van der Waals surface area (Å²) >= 11 is 5.71. The molecule has 4 atom stereocenters. The molecule has 4 aliphatic rings. The molecule has 0 spiro atoms. The molecule has 5 N–H and O–H groups in total. The summed E-state index contributed by atoms with van der Waals surface area (Å²) in [5, 5.41) is 8.53. The number of pyridine rings is 1. The number of nitrogens with two attached hydrogens (primary N) is 1. The van der Waals surface area contributed by atoms with Gasteiger partial charge in [0, 0.05) is 35.6 Å². The van der Waals surface area contributed by atoms with Gasteiger partial charge in [-0.25, -0.2) is 4.98 Å². The first-order valence-electron chi connectivity index (χ1n) is 19.6. The van der Waals surface area contributed by atoms with E-state index in [1.165, 1.54) is 0 Å². The van der Waals surface area contributed by atoms with Gasteiger partial charge >= 0.3 is 6.18 Å². The van der Waals surface area contributed by atoms with Crippen LogP contribution < -0.4 is 36.2 Å². The summed E-state index contributed by atoms with van der Waals surface area (Å²) in [5.74, 6) is -0.759. The molecule has 0 aliphatic carbocycles. The van der Waals surface area contributed by atoms with E-state index in [0.29, 0.717) is 66.8 Å². The second kappa shape index (κ2) is 16.2. The molecule has 4 amide bonds. The lowest BCUT2D eigenvalue weighted by Crippen LogP contribution is -2.47. The van der Waals surface area contributed by atoms with E-state index in [0.717, 1.165) is 54.8 Å². The molecule has 17 heteroatoms. The number of rotatable bonds is 12. The fourth-order valence-corrected chi connectivity index (χ4v) is 9.22. The van der Waals surface area contributed by atoms with Gasteiger partial charge in [-0.15, -0.1) is 0 Å². The van der Waals surface area contributed by atoms with Crippen LogP contribution in [0.1, 0.15) is 76.8 Å². The number of aryl methyl sites for hydroxylation is 1. The normalized spacial score (nSPS) is 23.3. The zero-order chi connectivity index (χ0) is 41.5. The topological polar surface area (TPSA) is 162 Å². The molecular formula is C41H47F3N8O5S. The molecule has 5 heterocycles. The van der Waals surface area contributed by atoms with Crippen molar-refractivity contribution in [1.82, 2.24) is 15.2 Å². The Labute approximate surface area is 339 Å². The average Bonchev–Trinajstić information content (AvgIpc) is 3.49. The lowest BCUT2D eigenvalue weighted by molar-refractivity contribution is -0.137. The van der Waals surface area contributed by atoms with Crippen LogP contribution in [0.4, 0.5) is 41.7 Å². The number of ether oxygens (including phenoxy) is 1. The summed E-state index contributed by atoms with van der Waals surface area (Å²) in [6, 6.07) is 13.7. The number of amides is 4. The molecule has 13 nitrogen and oxygen atoms in total. The number of anilines is 5. The Balaban J connectivity index is 0.926. The number of alkyl halides is 3. The third kappa shape index (κ3) is 8.32. The summed E-state index contributed by atoms with van der Waals surface area (Å²) in [6.45, 7) is 6.13. The Morgan fingerprint density at radius 1 is 1.03 bits per heavy atom. The first-order chi connectivity index (χ1) is 27.5. The van der Waals surface area contributed by atoms with Gasteiger partial charge in [0.25, 0.3) is 5.91 Å². The van der Waals surface area contributed by atoms with Gasteiger partial charge in [-0.05, 0) is 125 Å². The minimum atomic E-state index is -4.76. The maximum Gasteiger partial charge on any atom is 0.420 e. The molecule has 58 heavy (non-hydrogen) atoms. The van der Waals surface area contributed by atoms with Crippen molar-refractivity contribution in [2.24, 2.45) is 5.92 Å². The number of nitrogens with one attached hydrogen (secondary N) is 3. The number of nitrogen functional groups attached to an aromatic ring is 1. The number of thiocarbonyl (C=S) groups is 1. The van der Waals surface area contributed by atoms with Crippen LogP contribution in [0.5, 0.6) is 5.75 Å². The Hall–Kier alpha value is -5.29. The smallest absolute Gasteiger partial charge is 0.420 e. The molecule has 4 fully saturated rings. The number of hydrogen-bond acceptors (Lipinski definition) is 10. The highest BCUT2D eigenvalue weighted by molar-refractivity contribution is 7.81. The van der Waals surface area contributed by atoms with Crippen LogP contribution in [-0.4, -0.2) is 75.4 Å². The van der Waals surface area contributed by atoms with E-state index in [1.807, 2.05) is 31.2 Å². The van der Waals surface area contributed by atoms with Gasteiger partial charge in [-0.2, -0.15) is 13.2 Å². The van der Waals surface area contributed by atoms with Gasteiger partial charge in [0.2, 0.25) is 17.7 Å². The second-order valence-corrected chi connectivity index (χ2v) is 16.3. The fourth-order valence-electron chi connectivity index (χ4n) is 8.69. The molecule has 4 aliphatic heterocycles. The van der Waals surface area contributed by atoms with Crippen LogP contribution in [0.2, 0.25) is 0 Å². The number of halogens is 3. The molecule has 4 saturated heterocycles. The maximum atomic E-state index is 13.7. The van der Waals surface area contributed by atoms with Crippen molar-refractivity contribution >= 4 is 69.5 Å². The summed E-state index contributed by atoms with van der Waals surface area (Å²) < 4.78 is 47.3. The summed E-state index contributed by atoms with van der Waals surface area (Å²) in [5.41, 5.74) is 5.85. The molecule has 3 aromatic rings. The van der Waals surface area contributed by atoms with E-state index in [2.05, 4.69) is 25.8 Å². The SMILES string of the molecule is CCc1cc(N2C(=S)N(c3cnc(N)c(C(F)(F)F)c3)C(=O)C2(C)C)ccc1OCCC1C[C@H]2CC[C@@H](C1)N2CC(=O)Nc1cccc(NC2CCC(=O)NC2=O)c1. The summed E-state index contributed by atoms with van der Waals surface area (Å²) in [4.78, 5) is 59.3. The van der Waals surface area contributed by atoms with Crippen molar-refractivity contribution in [3.8, 4) is 5.75 Å². The van der Waals surface area contributed by atoms with E-state index in [9.17, 15) is 32.3 Å². The molecule has 0 radical (unpaired) electrons. The predicted octanol–water partition coefficient (Wildman–Crippen LogP) is 6.03. The van der Waals surface area contributed by atoms with Crippen LogP contribution in [-0.2, 0) is 31.8 Å². The summed E-state index contributed by atoms with van der Waals surface area (Å²) in [7, 11) is 0. The molecule has 308 valence electrons. The zero-order valence-electron chi connectivity index (χ0n) is 32.5. The zero-order valence-corrected chi connectivity index (χ0v) is 33.3. The number of aromatic nitrogens is 1. The first-order valence-corrected chi connectivity index (χ1v) is 20.0. The third-order valence-corrected chi connectivity index (χ3v) is 12.0. The Bertz CT molecular complexity index is 2120. The van der Waals surface area contributed by atoms with Crippen molar-refractivity contribution in [1.29, 1.82) is 0 Å². The minimum absolute atomic E-state index is 0.0254. The van der Waals surface area contributed by atoms with Gasteiger partial charge in [0.1, 0.15) is 23.1 Å². The van der Waals surface area contributed by atoms with Crippen LogP contribution in [0, 0.1) is 5.92 Å². The van der Waals surface area contributed by atoms with Crippen LogP contribution in [0.15, 0.2) is 54.7 Å². The van der Waals surface area contributed by atoms with Gasteiger partial charge in [-0.3, -0.25) is 34.3 Å². The highest BCUT2D eigenvalue weighted by Crippen LogP contribution is 2.42. The van der Waals surface area contributed by atoms with Crippen molar-refractivity contribution in [3.63, 3.8) is 0 Å². The minimum Gasteiger partial charge on any atom is -0.493 e. The van der Waals surface area contributed by atoms with E-state index in [-0.39, 0.29) is 34.9 Å². The third-order valence-electron chi connectivity index (χ3n) is 11.6. The van der Waals surface area contributed by atoms with Gasteiger partial charge in [0.15, 0.2) is 5.11 Å². The molecule has 2 bridgehead atoms. The van der Waals surface area contributed by atoms with Crippen LogP contribution in [0.25, 0.3) is 0 Å². The number of nitrogens with zero attached hydrogens (tertiary/aromatic N) is 4. The molecular weight excluding hydrogens is 774 g/mol. The first kappa shape index (κ1) is 40.9. The van der Waals surface area contributed by atoms with Gasteiger partial charge in [0.05, 0.1) is 30.6 Å². The van der Waals surface area contributed by atoms with E-state index in [4.69, 9.17) is 22.7 Å². The molecule has 2 aromatic carbocycles. The monoisotopic (exact) mass is 820 g/mol. The molecule has 1 aromatic heterocycles. The maximum absolute atomic E-state index is 13.7. The quantitative estimate of drug-likeness (QED) is 0.125.